The molecule has 0 spiro atoms. The fourth-order valence-corrected chi connectivity index (χ4v) is 4.84. The number of anilines is 2. The molecule has 1 aromatic heterocycles. The quantitative estimate of drug-likeness (QED) is 0.807. The van der Waals surface area contributed by atoms with Crippen molar-refractivity contribution in [2.45, 2.75) is 19.4 Å². The molecule has 2 heterocycles. The van der Waals surface area contributed by atoms with Crippen LogP contribution < -0.4 is 10.6 Å². The Hall–Kier alpha value is -1.35. The van der Waals surface area contributed by atoms with Crippen LogP contribution in [-0.2, 0) is 14.6 Å². The summed E-state index contributed by atoms with van der Waals surface area (Å²) in [5.41, 5.74) is 5.67. The standard InChI is InChI=1S/C11H17N3O4S2/c1-3-14(7-4-5-20(16,17)6-7)9-8(10(15)18-2)19-11(12)13-9/h7H,3-6H2,1-2H3,(H2,12,13). The lowest BCUT2D eigenvalue weighted by atomic mass is 10.2. The molecule has 2 N–H and O–H groups in total. The van der Waals surface area contributed by atoms with Gasteiger partial charge in [0.05, 0.1) is 18.6 Å². The molecule has 0 saturated carbocycles. The van der Waals surface area contributed by atoms with E-state index in [-0.39, 0.29) is 22.7 Å². The SMILES string of the molecule is CCN(c1nc(N)sc1C(=O)OC)C1CCS(=O)(=O)C1. The Bertz CT molecular complexity index is 611. The molecule has 1 saturated heterocycles. The molecule has 0 amide bonds. The van der Waals surface area contributed by atoms with Gasteiger partial charge in [-0.15, -0.1) is 0 Å². The van der Waals surface area contributed by atoms with E-state index in [4.69, 9.17) is 10.5 Å². The van der Waals surface area contributed by atoms with Gasteiger partial charge in [0.25, 0.3) is 0 Å². The number of carbonyl (C=O) groups is 1. The second-order valence-corrected chi connectivity index (χ2v) is 7.80. The van der Waals surface area contributed by atoms with E-state index in [1.807, 2.05) is 11.8 Å². The van der Waals surface area contributed by atoms with Crippen LogP contribution in [0.2, 0.25) is 0 Å². The summed E-state index contributed by atoms with van der Waals surface area (Å²) in [5, 5.41) is 0.264. The summed E-state index contributed by atoms with van der Waals surface area (Å²) in [6.45, 7) is 2.44. The van der Waals surface area contributed by atoms with Gasteiger partial charge in [-0.2, -0.15) is 0 Å². The maximum absolute atomic E-state index is 11.8. The first-order valence-corrected chi connectivity index (χ1v) is 8.83. The molecule has 20 heavy (non-hydrogen) atoms. The third kappa shape index (κ3) is 2.88. The van der Waals surface area contributed by atoms with Gasteiger partial charge in [0.1, 0.15) is 0 Å². The molecule has 0 radical (unpaired) electrons. The molecule has 1 fully saturated rings. The monoisotopic (exact) mass is 319 g/mol. The predicted molar refractivity (Wildman–Crippen MR) is 77.9 cm³/mol. The first-order chi connectivity index (χ1) is 9.38. The fourth-order valence-electron chi connectivity index (χ4n) is 2.35. The molecule has 1 aliphatic rings. The van der Waals surface area contributed by atoms with E-state index in [2.05, 4.69) is 4.98 Å². The minimum absolute atomic E-state index is 0.0822. The molecule has 0 aliphatic carbocycles. The van der Waals surface area contributed by atoms with Gasteiger partial charge in [0, 0.05) is 12.6 Å². The summed E-state index contributed by atoms with van der Waals surface area (Å²) in [5.74, 6) is 0.165. The van der Waals surface area contributed by atoms with Crippen molar-refractivity contribution in [3.05, 3.63) is 4.88 Å². The van der Waals surface area contributed by atoms with Crippen LogP contribution in [0.1, 0.15) is 23.0 Å². The highest BCUT2D eigenvalue weighted by Crippen LogP contribution is 2.32. The van der Waals surface area contributed by atoms with Crippen molar-refractivity contribution in [1.82, 2.24) is 4.98 Å². The predicted octanol–water partition coefficient (Wildman–Crippen LogP) is 0.525. The van der Waals surface area contributed by atoms with Crippen molar-refractivity contribution in [3.8, 4) is 0 Å². The van der Waals surface area contributed by atoms with Crippen molar-refractivity contribution in [2.24, 2.45) is 0 Å². The van der Waals surface area contributed by atoms with Gasteiger partial charge in [0.15, 0.2) is 25.7 Å². The average Bonchev–Trinajstić information content (AvgIpc) is 2.93. The first-order valence-electron chi connectivity index (χ1n) is 6.19. The number of ether oxygens (including phenoxy) is 1. The van der Waals surface area contributed by atoms with Crippen LogP contribution in [0.3, 0.4) is 0 Å². The number of sulfone groups is 1. The summed E-state index contributed by atoms with van der Waals surface area (Å²) >= 11 is 1.05. The number of nitrogen functional groups attached to an aromatic ring is 1. The van der Waals surface area contributed by atoms with Crippen molar-refractivity contribution in [3.63, 3.8) is 0 Å². The summed E-state index contributed by atoms with van der Waals surface area (Å²) in [6, 6.07) is -0.171. The van der Waals surface area contributed by atoms with Crippen LogP contribution in [0, 0.1) is 0 Å². The van der Waals surface area contributed by atoms with Crippen molar-refractivity contribution in [2.75, 3.05) is 35.8 Å². The van der Waals surface area contributed by atoms with Crippen LogP contribution in [0.25, 0.3) is 0 Å². The molecule has 1 unspecified atom stereocenters. The number of hydrogen-bond acceptors (Lipinski definition) is 8. The number of thiazole rings is 1. The Labute approximate surface area is 121 Å². The average molecular weight is 319 g/mol. The molecule has 1 atom stereocenters. The first kappa shape index (κ1) is 15.0. The summed E-state index contributed by atoms with van der Waals surface area (Å²) in [7, 11) is -1.71. The van der Waals surface area contributed by atoms with Gasteiger partial charge in [-0.3, -0.25) is 0 Å². The van der Waals surface area contributed by atoms with E-state index in [0.717, 1.165) is 11.3 Å². The summed E-state index contributed by atoms with van der Waals surface area (Å²) in [4.78, 5) is 18.1. The van der Waals surface area contributed by atoms with Gasteiger partial charge < -0.3 is 15.4 Å². The van der Waals surface area contributed by atoms with E-state index in [1.54, 1.807) is 0 Å². The molecular weight excluding hydrogens is 302 g/mol. The molecule has 0 aromatic carbocycles. The molecule has 7 nitrogen and oxygen atoms in total. The van der Waals surface area contributed by atoms with Crippen LogP contribution in [-0.4, -0.2) is 50.6 Å². The fraction of sp³-hybridized carbons (Fsp3) is 0.636. The van der Waals surface area contributed by atoms with Gasteiger partial charge in [-0.25, -0.2) is 18.2 Å². The van der Waals surface area contributed by atoms with Crippen molar-refractivity contribution < 1.29 is 17.9 Å². The zero-order valence-electron chi connectivity index (χ0n) is 11.3. The Morgan fingerprint density at radius 3 is 2.80 bits per heavy atom. The molecule has 1 aromatic rings. The van der Waals surface area contributed by atoms with Crippen LogP contribution in [0.5, 0.6) is 0 Å². The Kier molecular flexibility index (Phi) is 4.19. The Morgan fingerprint density at radius 1 is 1.60 bits per heavy atom. The number of hydrogen-bond donors (Lipinski definition) is 1. The zero-order chi connectivity index (χ0) is 14.9. The van der Waals surface area contributed by atoms with Gasteiger partial charge in [-0.1, -0.05) is 11.3 Å². The highest BCUT2D eigenvalue weighted by Gasteiger charge is 2.34. The number of nitrogens with two attached hydrogens (primary N) is 1. The summed E-state index contributed by atoms with van der Waals surface area (Å²) < 4.78 is 27.9. The van der Waals surface area contributed by atoms with Gasteiger partial charge >= 0.3 is 5.97 Å². The number of carbonyl (C=O) groups excluding carboxylic acids is 1. The number of methoxy groups -OCH3 is 1. The Balaban J connectivity index is 2.35. The smallest absolute Gasteiger partial charge is 0.352 e. The number of nitrogens with zero attached hydrogens (tertiary/aromatic N) is 2. The van der Waals surface area contributed by atoms with Gasteiger partial charge in [-0.05, 0) is 13.3 Å². The van der Waals surface area contributed by atoms with Crippen molar-refractivity contribution >= 4 is 38.1 Å². The highest BCUT2D eigenvalue weighted by atomic mass is 32.2. The maximum atomic E-state index is 11.8. The van der Waals surface area contributed by atoms with Crippen LogP contribution in [0.15, 0.2) is 0 Å². The number of rotatable bonds is 4. The lowest BCUT2D eigenvalue weighted by Crippen LogP contribution is -2.37. The minimum Gasteiger partial charge on any atom is -0.465 e. The molecular formula is C11H17N3O4S2. The second kappa shape index (κ2) is 5.57. The van der Waals surface area contributed by atoms with E-state index in [0.29, 0.717) is 23.7 Å². The van der Waals surface area contributed by atoms with E-state index < -0.39 is 15.8 Å². The largest absolute Gasteiger partial charge is 0.465 e. The Morgan fingerprint density at radius 2 is 2.30 bits per heavy atom. The van der Waals surface area contributed by atoms with E-state index >= 15 is 0 Å². The lowest BCUT2D eigenvalue weighted by molar-refractivity contribution is 0.0606. The molecule has 112 valence electrons. The highest BCUT2D eigenvalue weighted by molar-refractivity contribution is 7.91. The molecule has 9 heteroatoms. The molecule has 0 bridgehead atoms. The molecule has 1 aliphatic heterocycles. The van der Waals surface area contributed by atoms with E-state index in [1.165, 1.54) is 7.11 Å². The van der Waals surface area contributed by atoms with Crippen LogP contribution in [0.4, 0.5) is 10.9 Å². The van der Waals surface area contributed by atoms with Crippen LogP contribution >= 0.6 is 11.3 Å². The zero-order valence-corrected chi connectivity index (χ0v) is 13.0. The lowest BCUT2D eigenvalue weighted by Gasteiger charge is -2.27. The molecule has 2 rings (SSSR count). The third-order valence-electron chi connectivity index (χ3n) is 3.26. The normalized spacial score (nSPS) is 20.8. The summed E-state index contributed by atoms with van der Waals surface area (Å²) in [6.07, 6.45) is 0.536. The number of aromatic nitrogens is 1. The van der Waals surface area contributed by atoms with E-state index in [9.17, 15) is 13.2 Å². The second-order valence-electron chi connectivity index (χ2n) is 4.54. The topological polar surface area (TPSA) is 103 Å². The van der Waals surface area contributed by atoms with Crippen molar-refractivity contribution in [1.29, 1.82) is 0 Å². The van der Waals surface area contributed by atoms with Gasteiger partial charge in [0.2, 0.25) is 0 Å². The minimum atomic E-state index is -3.00. The number of esters is 1. The maximum Gasteiger partial charge on any atom is 0.352 e. The third-order valence-corrected chi connectivity index (χ3v) is 5.86.